The highest BCUT2D eigenvalue weighted by Gasteiger charge is 2.06. The number of carbonyl (C=O) groups is 1. The lowest BCUT2D eigenvalue weighted by molar-refractivity contribution is -0.119. The van der Waals surface area contributed by atoms with E-state index in [-0.39, 0.29) is 5.91 Å². The van der Waals surface area contributed by atoms with Gasteiger partial charge in [-0.05, 0) is 19.1 Å². The number of carbonyl (C=O) groups excluding carboxylic acids is 1. The number of hydrogen-bond acceptors (Lipinski definition) is 5. The molecule has 6 heteroatoms. The van der Waals surface area contributed by atoms with Gasteiger partial charge in [0.1, 0.15) is 0 Å². The summed E-state index contributed by atoms with van der Waals surface area (Å²) in [4.78, 5) is 15.9. The van der Waals surface area contributed by atoms with Gasteiger partial charge in [0.05, 0.1) is 16.0 Å². The van der Waals surface area contributed by atoms with Gasteiger partial charge in [-0.15, -0.1) is 11.3 Å². The average Bonchev–Trinajstić information content (AvgIpc) is 2.76. The number of thiazole rings is 1. The summed E-state index contributed by atoms with van der Waals surface area (Å²) >= 11 is 3.03. The average molecular weight is 279 g/mol. The van der Waals surface area contributed by atoms with Crippen molar-refractivity contribution in [2.24, 2.45) is 0 Å². The first-order valence-electron chi connectivity index (χ1n) is 5.34. The molecule has 2 aromatic rings. The van der Waals surface area contributed by atoms with Gasteiger partial charge in [0.15, 0.2) is 4.34 Å². The van der Waals surface area contributed by atoms with Crippen LogP contribution in [0.1, 0.15) is 6.92 Å². The predicted octanol–water partition coefficient (Wildman–Crippen LogP) is 2.54. The van der Waals surface area contributed by atoms with Crippen LogP contribution < -0.4 is 10.9 Å². The Morgan fingerprint density at radius 2 is 2.22 bits per heavy atom. The second kappa shape index (κ2) is 5.88. The summed E-state index contributed by atoms with van der Waals surface area (Å²) < 4.78 is 2.04. The summed E-state index contributed by atoms with van der Waals surface area (Å²) in [6, 6.07) is 7.94. The molecule has 2 rings (SSSR count). The minimum absolute atomic E-state index is 0.0951. The quantitative estimate of drug-likeness (QED) is 0.652. The Labute approximate surface area is 113 Å². The highest BCUT2D eigenvalue weighted by molar-refractivity contribution is 8.01. The van der Waals surface area contributed by atoms with Crippen LogP contribution in [0.15, 0.2) is 40.9 Å². The molecular weight excluding hydrogens is 266 g/mol. The molecule has 0 bridgehead atoms. The van der Waals surface area contributed by atoms with Crippen molar-refractivity contribution in [2.45, 2.75) is 11.3 Å². The summed E-state index contributed by atoms with van der Waals surface area (Å²) in [5, 5.41) is 0. The molecule has 1 amide bonds. The normalized spacial score (nSPS) is 10.3. The lowest BCUT2D eigenvalue weighted by Gasteiger charge is -2.05. The van der Waals surface area contributed by atoms with E-state index >= 15 is 0 Å². The number of rotatable bonds is 5. The molecule has 1 aromatic heterocycles. The lowest BCUT2D eigenvalue weighted by atomic mass is 10.3. The number of hydrogen-bond donors (Lipinski definition) is 2. The number of thioether (sulfide) groups is 1. The fourth-order valence-electron chi connectivity index (χ4n) is 1.25. The smallest absolute Gasteiger partial charge is 0.248 e. The molecule has 0 aliphatic heterocycles. The van der Waals surface area contributed by atoms with Gasteiger partial charge in [-0.2, -0.15) is 0 Å². The molecule has 94 valence electrons. The van der Waals surface area contributed by atoms with E-state index in [1.807, 2.05) is 24.3 Å². The van der Waals surface area contributed by atoms with E-state index in [0.29, 0.717) is 11.4 Å². The Morgan fingerprint density at radius 1 is 1.44 bits per heavy atom. The van der Waals surface area contributed by atoms with E-state index < -0.39 is 0 Å². The molecule has 0 aliphatic rings. The minimum atomic E-state index is -0.0951. The standard InChI is InChI=1S/C12H13N3OS2/c1-8(2)14-15-11(16)7-17-12-13-9-5-3-4-6-10(9)18-12/h3-6,14H,1,7H2,2H3,(H,15,16). The van der Waals surface area contributed by atoms with Crippen LogP contribution >= 0.6 is 23.1 Å². The Bertz CT molecular complexity index is 546. The van der Waals surface area contributed by atoms with Crippen molar-refractivity contribution in [1.29, 1.82) is 0 Å². The number of nitrogens with one attached hydrogen (secondary N) is 2. The number of amides is 1. The third kappa shape index (κ3) is 3.48. The Hall–Kier alpha value is -1.53. The maximum atomic E-state index is 11.5. The van der Waals surface area contributed by atoms with Crippen LogP contribution in [-0.2, 0) is 4.79 Å². The molecule has 0 fully saturated rings. The molecule has 2 N–H and O–H groups in total. The van der Waals surface area contributed by atoms with E-state index in [2.05, 4.69) is 22.4 Å². The lowest BCUT2D eigenvalue weighted by Crippen LogP contribution is -2.36. The second-order valence-corrected chi connectivity index (χ2v) is 5.94. The van der Waals surface area contributed by atoms with Gasteiger partial charge >= 0.3 is 0 Å². The van der Waals surface area contributed by atoms with Gasteiger partial charge in [0.2, 0.25) is 5.91 Å². The molecule has 4 nitrogen and oxygen atoms in total. The summed E-state index contributed by atoms with van der Waals surface area (Å²) in [7, 11) is 0. The first-order valence-corrected chi connectivity index (χ1v) is 7.14. The number of hydrazine groups is 1. The van der Waals surface area contributed by atoms with Crippen LogP contribution in [0.4, 0.5) is 0 Å². The molecule has 0 aliphatic carbocycles. The summed E-state index contributed by atoms with van der Waals surface area (Å²) in [6.45, 7) is 5.41. The maximum absolute atomic E-state index is 11.5. The molecule has 0 saturated heterocycles. The third-order valence-electron chi connectivity index (χ3n) is 2.02. The molecular formula is C12H13N3OS2. The minimum Gasteiger partial charge on any atom is -0.304 e. The van der Waals surface area contributed by atoms with E-state index in [9.17, 15) is 4.79 Å². The van der Waals surface area contributed by atoms with Gasteiger partial charge in [-0.3, -0.25) is 10.2 Å². The highest BCUT2D eigenvalue weighted by Crippen LogP contribution is 2.28. The summed E-state index contributed by atoms with van der Waals surface area (Å²) in [6.07, 6.45) is 0. The van der Waals surface area contributed by atoms with Crippen LogP contribution in [-0.4, -0.2) is 16.6 Å². The van der Waals surface area contributed by atoms with E-state index in [0.717, 1.165) is 14.6 Å². The molecule has 1 aromatic carbocycles. The van der Waals surface area contributed by atoms with Gasteiger partial charge in [0.25, 0.3) is 0 Å². The summed E-state index contributed by atoms with van der Waals surface area (Å²) in [5.74, 6) is 0.238. The van der Waals surface area contributed by atoms with Crippen molar-refractivity contribution < 1.29 is 4.79 Å². The van der Waals surface area contributed by atoms with Crippen LogP contribution in [0.5, 0.6) is 0 Å². The number of para-hydroxylation sites is 1. The monoisotopic (exact) mass is 279 g/mol. The number of fused-ring (bicyclic) bond motifs is 1. The van der Waals surface area contributed by atoms with Gasteiger partial charge < -0.3 is 5.43 Å². The largest absolute Gasteiger partial charge is 0.304 e. The first kappa shape index (κ1) is 12.9. The molecule has 0 atom stereocenters. The van der Waals surface area contributed by atoms with Crippen molar-refractivity contribution in [3.63, 3.8) is 0 Å². The number of nitrogens with zero attached hydrogens (tertiary/aromatic N) is 1. The van der Waals surface area contributed by atoms with Gasteiger partial charge in [0, 0.05) is 5.70 Å². The number of benzene rings is 1. The van der Waals surface area contributed by atoms with Crippen molar-refractivity contribution in [1.82, 2.24) is 15.8 Å². The highest BCUT2D eigenvalue weighted by atomic mass is 32.2. The molecule has 0 unspecified atom stereocenters. The maximum Gasteiger partial charge on any atom is 0.248 e. The second-order valence-electron chi connectivity index (χ2n) is 3.69. The molecule has 0 spiro atoms. The van der Waals surface area contributed by atoms with Crippen molar-refractivity contribution in [3.8, 4) is 0 Å². The molecule has 0 radical (unpaired) electrons. The van der Waals surface area contributed by atoms with Crippen LogP contribution in [0.2, 0.25) is 0 Å². The van der Waals surface area contributed by atoms with E-state index in [1.165, 1.54) is 11.8 Å². The fourth-order valence-corrected chi connectivity index (χ4v) is 3.12. The first-order chi connectivity index (χ1) is 8.65. The van der Waals surface area contributed by atoms with Gasteiger partial charge in [-0.25, -0.2) is 4.98 Å². The SMILES string of the molecule is C=C(C)NNC(=O)CSc1nc2ccccc2s1. The molecule has 0 saturated carbocycles. The third-order valence-corrected chi connectivity index (χ3v) is 4.20. The van der Waals surface area contributed by atoms with Crippen molar-refractivity contribution in [2.75, 3.05) is 5.75 Å². The molecule has 18 heavy (non-hydrogen) atoms. The Balaban J connectivity index is 1.90. The number of aromatic nitrogens is 1. The zero-order valence-corrected chi connectivity index (χ0v) is 11.5. The molecule has 1 heterocycles. The van der Waals surface area contributed by atoms with Gasteiger partial charge in [-0.1, -0.05) is 30.5 Å². The van der Waals surface area contributed by atoms with E-state index in [1.54, 1.807) is 18.3 Å². The Morgan fingerprint density at radius 3 is 2.94 bits per heavy atom. The number of allylic oxidation sites excluding steroid dienone is 1. The van der Waals surface area contributed by atoms with Crippen LogP contribution in [0, 0.1) is 0 Å². The van der Waals surface area contributed by atoms with Crippen LogP contribution in [0.25, 0.3) is 10.2 Å². The predicted molar refractivity (Wildman–Crippen MR) is 76.4 cm³/mol. The van der Waals surface area contributed by atoms with E-state index in [4.69, 9.17) is 0 Å². The zero-order chi connectivity index (χ0) is 13.0. The fraction of sp³-hybridized carbons (Fsp3) is 0.167. The van der Waals surface area contributed by atoms with Crippen molar-refractivity contribution in [3.05, 3.63) is 36.5 Å². The van der Waals surface area contributed by atoms with Crippen molar-refractivity contribution >= 4 is 39.2 Å². The summed E-state index contributed by atoms with van der Waals surface area (Å²) in [5.41, 5.74) is 6.92. The Kier molecular flexibility index (Phi) is 4.22. The topological polar surface area (TPSA) is 54.0 Å². The van der Waals surface area contributed by atoms with Crippen LogP contribution in [0.3, 0.4) is 0 Å². The zero-order valence-electron chi connectivity index (χ0n) is 9.90.